The first-order valence-corrected chi connectivity index (χ1v) is 11.1. The molecule has 0 aliphatic heterocycles. The van der Waals surface area contributed by atoms with Crippen LogP contribution in [0.5, 0.6) is 17.2 Å². The van der Waals surface area contributed by atoms with Gasteiger partial charge in [0.2, 0.25) is 10.0 Å². The van der Waals surface area contributed by atoms with Gasteiger partial charge in [0.1, 0.15) is 10.6 Å². The van der Waals surface area contributed by atoms with Crippen molar-refractivity contribution in [3.8, 4) is 17.2 Å². The minimum atomic E-state index is -3.90. The topological polar surface area (TPSA) is 103 Å². The highest BCUT2D eigenvalue weighted by Gasteiger charge is 2.26. The van der Waals surface area contributed by atoms with E-state index in [2.05, 4.69) is 10.0 Å². The first-order valence-electron chi connectivity index (χ1n) is 9.66. The number of sulfonamides is 1. The zero-order chi connectivity index (χ0) is 23.4. The summed E-state index contributed by atoms with van der Waals surface area (Å²) in [5, 5.41) is 2.87. The fourth-order valence-corrected chi connectivity index (χ4v) is 4.59. The monoisotopic (exact) mass is 450 g/mol. The number of carbonyl (C=O) groups is 1. The molecule has 0 aliphatic carbocycles. The van der Waals surface area contributed by atoms with Crippen molar-refractivity contribution >= 4 is 15.9 Å². The second-order valence-electron chi connectivity index (χ2n) is 8.03. The Morgan fingerprint density at radius 1 is 0.903 bits per heavy atom. The van der Waals surface area contributed by atoms with Crippen LogP contribution in [0.15, 0.2) is 41.3 Å². The van der Waals surface area contributed by atoms with Gasteiger partial charge in [-0.1, -0.05) is 6.07 Å². The Kier molecular flexibility index (Phi) is 7.56. The zero-order valence-corrected chi connectivity index (χ0v) is 19.7. The molecule has 2 N–H and O–H groups in total. The van der Waals surface area contributed by atoms with E-state index in [1.165, 1.54) is 32.4 Å². The number of rotatable bonds is 8. The maximum Gasteiger partial charge on any atom is 0.251 e. The molecule has 2 rings (SSSR count). The molecular weight excluding hydrogens is 420 g/mol. The van der Waals surface area contributed by atoms with Crippen molar-refractivity contribution in [3.05, 3.63) is 47.5 Å². The predicted octanol–water partition coefficient (Wildman–Crippen LogP) is 3.28. The van der Waals surface area contributed by atoms with Crippen LogP contribution in [0.3, 0.4) is 0 Å². The molecular formula is C22H30N2O6S. The summed E-state index contributed by atoms with van der Waals surface area (Å²) in [7, 11) is 0.565. The summed E-state index contributed by atoms with van der Waals surface area (Å²) in [5.74, 6) is 0.867. The lowest BCUT2D eigenvalue weighted by atomic mass is 10.1. The summed E-state index contributed by atoms with van der Waals surface area (Å²) in [6.07, 6.45) is 0. The SMILES string of the molecule is COc1ccc(C(C)NC(=O)c2ccc(OC)c(S(=O)(=O)NC(C)(C)C)c2)cc1OC. The van der Waals surface area contributed by atoms with Gasteiger partial charge >= 0.3 is 0 Å². The van der Waals surface area contributed by atoms with E-state index >= 15 is 0 Å². The van der Waals surface area contributed by atoms with E-state index in [-0.39, 0.29) is 22.3 Å². The van der Waals surface area contributed by atoms with Gasteiger partial charge in [0.05, 0.1) is 27.4 Å². The highest BCUT2D eigenvalue weighted by Crippen LogP contribution is 2.30. The first kappa shape index (κ1) is 24.5. The molecule has 2 aromatic carbocycles. The quantitative estimate of drug-likeness (QED) is 0.640. The molecule has 1 atom stereocenters. The summed E-state index contributed by atoms with van der Waals surface area (Å²) in [4.78, 5) is 12.7. The molecule has 0 bridgehead atoms. The molecule has 0 aromatic heterocycles. The molecule has 31 heavy (non-hydrogen) atoms. The largest absolute Gasteiger partial charge is 0.495 e. The van der Waals surface area contributed by atoms with E-state index in [1.54, 1.807) is 40.0 Å². The van der Waals surface area contributed by atoms with Gasteiger partial charge in [0.25, 0.3) is 5.91 Å². The molecule has 0 fully saturated rings. The third-order valence-corrected chi connectivity index (χ3v) is 6.19. The average Bonchev–Trinajstić information content (AvgIpc) is 2.70. The van der Waals surface area contributed by atoms with Crippen LogP contribution in [0.1, 0.15) is 49.7 Å². The zero-order valence-electron chi connectivity index (χ0n) is 18.9. The van der Waals surface area contributed by atoms with Crippen LogP contribution in [0.25, 0.3) is 0 Å². The van der Waals surface area contributed by atoms with Crippen LogP contribution in [-0.2, 0) is 10.0 Å². The van der Waals surface area contributed by atoms with Crippen molar-refractivity contribution in [3.63, 3.8) is 0 Å². The van der Waals surface area contributed by atoms with Gasteiger partial charge < -0.3 is 19.5 Å². The Labute approximate surface area is 184 Å². The Bertz CT molecular complexity index is 1040. The highest BCUT2D eigenvalue weighted by molar-refractivity contribution is 7.89. The number of benzene rings is 2. The smallest absolute Gasteiger partial charge is 0.251 e. The normalized spacial score (nSPS) is 12.7. The maximum atomic E-state index is 12.8. The number of hydrogen-bond donors (Lipinski definition) is 2. The third-order valence-electron chi connectivity index (χ3n) is 4.41. The summed E-state index contributed by atoms with van der Waals surface area (Å²) in [6, 6.07) is 9.29. The fraction of sp³-hybridized carbons (Fsp3) is 0.409. The molecule has 0 spiro atoms. The average molecular weight is 451 g/mol. The molecule has 170 valence electrons. The predicted molar refractivity (Wildman–Crippen MR) is 118 cm³/mol. The van der Waals surface area contributed by atoms with Gasteiger partial charge in [-0.25, -0.2) is 13.1 Å². The first-order chi connectivity index (χ1) is 14.4. The molecule has 0 radical (unpaired) electrons. The van der Waals surface area contributed by atoms with Crippen molar-refractivity contribution in [2.75, 3.05) is 21.3 Å². The summed E-state index contributed by atoms with van der Waals surface area (Å²) in [6.45, 7) is 7.02. The van der Waals surface area contributed by atoms with E-state index in [1.807, 2.05) is 13.0 Å². The number of hydrogen-bond acceptors (Lipinski definition) is 6. The van der Waals surface area contributed by atoms with E-state index in [0.717, 1.165) is 5.56 Å². The Morgan fingerprint density at radius 2 is 1.48 bits per heavy atom. The van der Waals surface area contributed by atoms with Crippen molar-refractivity contribution in [2.24, 2.45) is 0 Å². The van der Waals surface area contributed by atoms with Crippen molar-refractivity contribution in [1.82, 2.24) is 10.0 Å². The summed E-state index contributed by atoms with van der Waals surface area (Å²) in [5.41, 5.74) is 0.313. The Morgan fingerprint density at radius 3 is 2.03 bits per heavy atom. The molecule has 9 heteroatoms. The van der Waals surface area contributed by atoms with Crippen molar-refractivity contribution in [2.45, 2.75) is 44.2 Å². The van der Waals surface area contributed by atoms with Gasteiger partial charge in [-0.15, -0.1) is 0 Å². The molecule has 2 aromatic rings. The van der Waals surface area contributed by atoms with Gasteiger partial charge in [-0.2, -0.15) is 0 Å². The van der Waals surface area contributed by atoms with Crippen molar-refractivity contribution in [1.29, 1.82) is 0 Å². The van der Waals surface area contributed by atoms with Crippen LogP contribution < -0.4 is 24.2 Å². The lowest BCUT2D eigenvalue weighted by Crippen LogP contribution is -2.40. The van der Waals surface area contributed by atoms with Crippen LogP contribution >= 0.6 is 0 Å². The van der Waals surface area contributed by atoms with E-state index in [9.17, 15) is 13.2 Å². The number of ether oxygens (including phenoxy) is 3. The highest BCUT2D eigenvalue weighted by atomic mass is 32.2. The number of carbonyl (C=O) groups excluding carboxylic acids is 1. The minimum Gasteiger partial charge on any atom is -0.495 e. The second kappa shape index (κ2) is 9.57. The number of nitrogens with one attached hydrogen (secondary N) is 2. The second-order valence-corrected chi connectivity index (χ2v) is 9.68. The lowest BCUT2D eigenvalue weighted by molar-refractivity contribution is 0.0939. The minimum absolute atomic E-state index is 0.101. The standard InChI is InChI=1S/C22H30N2O6S/c1-14(15-8-10-17(28-5)19(12-15)30-7)23-21(25)16-9-11-18(29-6)20(13-16)31(26,27)24-22(2,3)4/h8-14,24H,1-7H3,(H,23,25). The van der Waals surface area contributed by atoms with Crippen molar-refractivity contribution < 1.29 is 27.4 Å². The van der Waals surface area contributed by atoms with Gasteiger partial charge in [-0.05, 0) is 63.6 Å². The number of methoxy groups -OCH3 is 3. The van der Waals surface area contributed by atoms with Gasteiger partial charge in [-0.3, -0.25) is 4.79 Å². The fourth-order valence-electron chi connectivity index (χ4n) is 2.97. The lowest BCUT2D eigenvalue weighted by Gasteiger charge is -2.22. The molecule has 8 nitrogen and oxygen atoms in total. The van der Waals surface area contributed by atoms with Gasteiger partial charge in [0.15, 0.2) is 11.5 Å². The molecule has 1 unspecified atom stereocenters. The van der Waals surface area contributed by atoms with Crippen LogP contribution in [-0.4, -0.2) is 41.2 Å². The molecule has 1 amide bonds. The molecule has 0 heterocycles. The Hall–Kier alpha value is -2.78. The Balaban J connectivity index is 2.32. The van der Waals surface area contributed by atoms with Crippen LogP contribution in [0.4, 0.5) is 0 Å². The van der Waals surface area contributed by atoms with E-state index in [4.69, 9.17) is 14.2 Å². The molecule has 0 aliphatic rings. The molecule has 0 saturated carbocycles. The maximum absolute atomic E-state index is 12.8. The third kappa shape index (κ3) is 6.11. The molecule has 0 saturated heterocycles. The summed E-state index contributed by atoms with van der Waals surface area (Å²) < 4.78 is 44.0. The van der Waals surface area contributed by atoms with E-state index in [0.29, 0.717) is 11.5 Å². The van der Waals surface area contributed by atoms with Crippen LogP contribution in [0.2, 0.25) is 0 Å². The summed E-state index contributed by atoms with van der Waals surface area (Å²) >= 11 is 0. The van der Waals surface area contributed by atoms with Gasteiger partial charge in [0, 0.05) is 11.1 Å². The number of amides is 1. The van der Waals surface area contributed by atoms with E-state index < -0.39 is 21.5 Å². The van der Waals surface area contributed by atoms with Crippen LogP contribution in [0, 0.1) is 0 Å².